The molecule has 3 aromatic rings. The molecule has 1 unspecified atom stereocenters. The maximum atomic E-state index is 11.4. The zero-order chi connectivity index (χ0) is 26.6. The summed E-state index contributed by atoms with van der Waals surface area (Å²) in [7, 11) is 0. The van der Waals surface area contributed by atoms with Gasteiger partial charge in [-0.15, -0.1) is 0 Å². The van der Waals surface area contributed by atoms with E-state index in [0.717, 1.165) is 35.5 Å². The number of carboxylic acid groups (broad SMARTS) is 2. The van der Waals surface area contributed by atoms with Crippen molar-refractivity contribution in [3.63, 3.8) is 0 Å². The molecule has 0 fully saturated rings. The maximum absolute atomic E-state index is 11.4. The summed E-state index contributed by atoms with van der Waals surface area (Å²) in [6.45, 7) is 5.21. The molecule has 0 aliphatic heterocycles. The van der Waals surface area contributed by atoms with Crippen LogP contribution in [-0.4, -0.2) is 28.8 Å². The van der Waals surface area contributed by atoms with Crippen LogP contribution in [0.25, 0.3) is 24.3 Å². The van der Waals surface area contributed by atoms with Gasteiger partial charge in [0, 0.05) is 0 Å². The van der Waals surface area contributed by atoms with Crippen LogP contribution < -0.4 is 4.74 Å². The fourth-order valence-corrected chi connectivity index (χ4v) is 3.92. The van der Waals surface area contributed by atoms with Crippen molar-refractivity contribution in [2.24, 2.45) is 5.92 Å². The summed E-state index contributed by atoms with van der Waals surface area (Å²) in [5.41, 5.74) is 3.25. The molecule has 0 aliphatic rings. The number of unbranched alkanes of at least 4 members (excludes halogenated alkanes) is 1. The molecule has 0 saturated carbocycles. The molecule has 0 spiro atoms. The van der Waals surface area contributed by atoms with Crippen LogP contribution in [0.2, 0.25) is 0 Å². The van der Waals surface area contributed by atoms with Gasteiger partial charge in [-0.05, 0) is 58.9 Å². The number of rotatable bonds is 13. The summed E-state index contributed by atoms with van der Waals surface area (Å²) in [6.07, 6.45) is 12.6. The van der Waals surface area contributed by atoms with Crippen molar-refractivity contribution in [1.82, 2.24) is 0 Å². The summed E-state index contributed by atoms with van der Waals surface area (Å²) in [4.78, 5) is 22.6. The van der Waals surface area contributed by atoms with Gasteiger partial charge in [-0.1, -0.05) is 99.9 Å². The van der Waals surface area contributed by atoms with Crippen LogP contribution in [0.4, 0.5) is 0 Å². The van der Waals surface area contributed by atoms with Gasteiger partial charge in [0.1, 0.15) is 5.75 Å². The first-order valence-corrected chi connectivity index (χ1v) is 12.7. The first kappa shape index (κ1) is 27.5. The van der Waals surface area contributed by atoms with E-state index in [1.54, 1.807) is 12.1 Å². The van der Waals surface area contributed by atoms with E-state index in [2.05, 4.69) is 32.1 Å². The third-order valence-corrected chi connectivity index (χ3v) is 6.29. The SMILES string of the molecule is CCCCC(CC)COc1ccc(/C=C/c2ccc(/C=C/c3ccc(C(=O)O)c(C(=O)O)c3)cc2)cc1. The van der Waals surface area contributed by atoms with Gasteiger partial charge in [-0.25, -0.2) is 9.59 Å². The number of carbonyl (C=O) groups is 2. The number of hydrogen-bond donors (Lipinski definition) is 2. The molecule has 0 saturated heterocycles. The zero-order valence-corrected chi connectivity index (χ0v) is 21.4. The molecule has 0 amide bonds. The molecule has 5 heteroatoms. The van der Waals surface area contributed by atoms with E-state index in [-0.39, 0.29) is 11.1 Å². The molecule has 192 valence electrons. The van der Waals surface area contributed by atoms with E-state index in [4.69, 9.17) is 9.84 Å². The van der Waals surface area contributed by atoms with E-state index in [9.17, 15) is 14.7 Å². The van der Waals surface area contributed by atoms with Crippen molar-refractivity contribution < 1.29 is 24.5 Å². The van der Waals surface area contributed by atoms with E-state index < -0.39 is 11.9 Å². The molecule has 37 heavy (non-hydrogen) atoms. The van der Waals surface area contributed by atoms with Crippen LogP contribution in [0.15, 0.2) is 66.7 Å². The van der Waals surface area contributed by atoms with Crippen LogP contribution >= 0.6 is 0 Å². The highest BCUT2D eigenvalue weighted by atomic mass is 16.5. The molecule has 2 N–H and O–H groups in total. The lowest BCUT2D eigenvalue weighted by atomic mass is 10.0. The monoisotopic (exact) mass is 498 g/mol. The summed E-state index contributed by atoms with van der Waals surface area (Å²) in [6, 6.07) is 20.4. The predicted octanol–water partition coefficient (Wildman–Crippen LogP) is 8.02. The van der Waals surface area contributed by atoms with E-state index in [1.807, 2.05) is 48.6 Å². The molecular weight excluding hydrogens is 464 g/mol. The van der Waals surface area contributed by atoms with Crippen molar-refractivity contribution >= 4 is 36.2 Å². The van der Waals surface area contributed by atoms with E-state index >= 15 is 0 Å². The Hall–Kier alpha value is -4.12. The third kappa shape index (κ3) is 8.50. The van der Waals surface area contributed by atoms with Gasteiger partial charge in [0.15, 0.2) is 0 Å². The molecule has 3 aromatic carbocycles. The molecular formula is C32H34O5. The van der Waals surface area contributed by atoms with Gasteiger partial charge in [0.05, 0.1) is 17.7 Å². The van der Waals surface area contributed by atoms with Gasteiger partial charge in [0.2, 0.25) is 0 Å². The van der Waals surface area contributed by atoms with Gasteiger partial charge in [0.25, 0.3) is 0 Å². The third-order valence-electron chi connectivity index (χ3n) is 6.29. The second kappa shape index (κ2) is 13.8. The topological polar surface area (TPSA) is 83.8 Å². The average molecular weight is 499 g/mol. The number of benzene rings is 3. The van der Waals surface area contributed by atoms with E-state index in [0.29, 0.717) is 11.5 Å². The molecule has 0 bridgehead atoms. The molecule has 1 atom stereocenters. The predicted molar refractivity (Wildman–Crippen MR) is 150 cm³/mol. The highest BCUT2D eigenvalue weighted by Crippen LogP contribution is 2.19. The minimum Gasteiger partial charge on any atom is -0.493 e. The minimum atomic E-state index is -1.27. The Morgan fingerprint density at radius 1 is 0.730 bits per heavy atom. The molecule has 0 radical (unpaired) electrons. The second-order valence-corrected chi connectivity index (χ2v) is 9.05. The van der Waals surface area contributed by atoms with Gasteiger partial charge >= 0.3 is 11.9 Å². The van der Waals surface area contributed by atoms with Gasteiger partial charge in [-0.3, -0.25) is 0 Å². The largest absolute Gasteiger partial charge is 0.493 e. The Bertz CT molecular complexity index is 1240. The fourth-order valence-electron chi connectivity index (χ4n) is 3.92. The standard InChI is InChI=1S/C32H34O5/c1-3-5-6-23(4-2)22-37-28-18-15-26(16-19-28)12-11-24-7-9-25(10-8-24)13-14-27-17-20-29(31(33)34)30(21-27)32(35)36/h7-21,23H,3-6,22H2,1-2H3,(H,33,34)(H,35,36)/b12-11+,14-13+. The Balaban J connectivity index is 1.58. The van der Waals surface area contributed by atoms with E-state index in [1.165, 1.54) is 31.4 Å². The summed E-state index contributed by atoms with van der Waals surface area (Å²) in [5.74, 6) is -1.02. The summed E-state index contributed by atoms with van der Waals surface area (Å²) < 4.78 is 5.99. The lowest BCUT2D eigenvalue weighted by molar-refractivity contribution is 0.0651. The summed E-state index contributed by atoms with van der Waals surface area (Å²) >= 11 is 0. The lowest BCUT2D eigenvalue weighted by Gasteiger charge is -2.15. The maximum Gasteiger partial charge on any atom is 0.336 e. The van der Waals surface area contributed by atoms with Crippen LogP contribution in [0, 0.1) is 5.92 Å². The highest BCUT2D eigenvalue weighted by Gasteiger charge is 2.15. The van der Waals surface area contributed by atoms with Crippen molar-refractivity contribution in [3.8, 4) is 5.75 Å². The molecule has 0 aliphatic carbocycles. The molecule has 3 rings (SSSR count). The van der Waals surface area contributed by atoms with Crippen molar-refractivity contribution in [3.05, 3.63) is 100 Å². The molecule has 5 nitrogen and oxygen atoms in total. The van der Waals surface area contributed by atoms with Crippen LogP contribution in [0.5, 0.6) is 5.75 Å². The first-order chi connectivity index (χ1) is 17.9. The Labute approximate surface area is 218 Å². The number of ether oxygens (including phenoxy) is 1. The highest BCUT2D eigenvalue weighted by molar-refractivity contribution is 6.02. The average Bonchev–Trinajstić information content (AvgIpc) is 2.91. The number of carboxylic acids is 2. The van der Waals surface area contributed by atoms with Crippen molar-refractivity contribution in [1.29, 1.82) is 0 Å². The van der Waals surface area contributed by atoms with Crippen LogP contribution in [0.1, 0.15) is 82.5 Å². The van der Waals surface area contributed by atoms with Crippen LogP contribution in [0.3, 0.4) is 0 Å². The first-order valence-electron chi connectivity index (χ1n) is 12.7. The van der Waals surface area contributed by atoms with Gasteiger partial charge in [-0.2, -0.15) is 0 Å². The Morgan fingerprint density at radius 2 is 1.22 bits per heavy atom. The lowest BCUT2D eigenvalue weighted by Crippen LogP contribution is -2.11. The number of hydrogen-bond acceptors (Lipinski definition) is 3. The molecule has 0 aromatic heterocycles. The quantitative estimate of drug-likeness (QED) is 0.233. The molecule has 0 heterocycles. The zero-order valence-electron chi connectivity index (χ0n) is 21.4. The Kier molecular flexibility index (Phi) is 10.3. The normalized spacial score (nSPS) is 12.2. The second-order valence-electron chi connectivity index (χ2n) is 9.05. The summed E-state index contributed by atoms with van der Waals surface area (Å²) in [5, 5.41) is 18.4. The minimum absolute atomic E-state index is 0.226. The smallest absolute Gasteiger partial charge is 0.336 e. The number of aromatic carboxylic acids is 2. The van der Waals surface area contributed by atoms with Crippen LogP contribution in [-0.2, 0) is 0 Å². The fraction of sp³-hybridized carbons (Fsp3) is 0.250. The van der Waals surface area contributed by atoms with Crippen molar-refractivity contribution in [2.45, 2.75) is 39.5 Å². The van der Waals surface area contributed by atoms with Crippen molar-refractivity contribution in [2.75, 3.05) is 6.61 Å². The van der Waals surface area contributed by atoms with Gasteiger partial charge < -0.3 is 14.9 Å². The Morgan fingerprint density at radius 3 is 1.70 bits per heavy atom.